The van der Waals surface area contributed by atoms with Gasteiger partial charge < -0.3 is 17.0 Å². The van der Waals surface area contributed by atoms with Gasteiger partial charge in [0.1, 0.15) is 0 Å². The number of halogens is 3. The Morgan fingerprint density at radius 1 is 1.20 bits per heavy atom. The van der Waals surface area contributed by atoms with Gasteiger partial charge in [0.05, 0.1) is 5.34 Å². The number of hydrogen-bond donors (Lipinski definition) is 0. The van der Waals surface area contributed by atoms with Crippen molar-refractivity contribution in [3.8, 4) is 0 Å². The quantitative estimate of drug-likeness (QED) is 0.255. The fourth-order valence-electron chi connectivity index (χ4n) is 0. The van der Waals surface area contributed by atoms with Crippen LogP contribution in [0, 0.1) is 0 Å². The number of hydrogen-bond acceptors (Lipinski definition) is 0. The van der Waals surface area contributed by atoms with Gasteiger partial charge in [0.25, 0.3) is 0 Å². The van der Waals surface area contributed by atoms with Crippen LogP contribution in [0.1, 0.15) is 0 Å². The fraction of sp³-hybridized carbons (Fsp3) is 1.00. The molecule has 0 aromatic carbocycles. The smallest absolute Gasteiger partial charge is 1.00 e. The Morgan fingerprint density at radius 2 is 1.20 bits per heavy atom. The largest absolute Gasteiger partial charge is 1.00 e. The maximum atomic E-state index is 4.76. The van der Waals surface area contributed by atoms with Crippen LogP contribution in [0.4, 0.5) is 0 Å². The van der Waals surface area contributed by atoms with Crippen LogP contribution in [0.25, 0.3) is 0 Å². The van der Waals surface area contributed by atoms with Crippen molar-refractivity contribution in [2.75, 3.05) is 5.34 Å². The van der Waals surface area contributed by atoms with E-state index in [0.717, 1.165) is 0 Å². The third-order valence-electron chi connectivity index (χ3n) is 0. The van der Waals surface area contributed by atoms with E-state index in [-0.39, 0.29) is 41.2 Å². The zero-order chi connectivity index (χ0) is 2.71. The van der Waals surface area contributed by atoms with Gasteiger partial charge in [-0.2, -0.15) is 0 Å². The molecular weight excluding hydrogens is 170 g/mol. The van der Waals surface area contributed by atoms with Crippen LogP contribution in [-0.2, 0) is 0 Å². The molecule has 5 heavy (non-hydrogen) atoms. The summed E-state index contributed by atoms with van der Waals surface area (Å²) in [5.41, 5.74) is 0. The second kappa shape index (κ2) is 17.4. The molecule has 0 saturated carbocycles. The zero-order valence-corrected chi connectivity index (χ0v) is 5.94. The first-order chi connectivity index (χ1) is 1.41. The standard InChI is InChI=1S/CH2Cl2.BrH.Li/c2-1-3;;/h1H2;1H;/q;;+1/p-1. The Kier molecular flexibility index (Phi) is 55.4. The first-order valence-electron chi connectivity index (χ1n) is 0.535. The molecule has 0 aliphatic rings. The summed E-state index contributed by atoms with van der Waals surface area (Å²) in [6.07, 6.45) is 0. The summed E-state index contributed by atoms with van der Waals surface area (Å²) in [5.74, 6) is 0. The molecule has 0 aliphatic heterocycles. The fourth-order valence-corrected chi connectivity index (χ4v) is 0. The summed E-state index contributed by atoms with van der Waals surface area (Å²) in [6, 6.07) is 0. The molecule has 28 valence electrons. The maximum absolute atomic E-state index is 4.76. The van der Waals surface area contributed by atoms with E-state index in [9.17, 15) is 0 Å². The summed E-state index contributed by atoms with van der Waals surface area (Å²) in [6.45, 7) is 0. The Hall–Kier alpha value is 1.66. The molecule has 0 amide bonds. The Balaban J connectivity index is -0.0000000200. The number of alkyl halides is 2. The Morgan fingerprint density at radius 3 is 1.20 bits per heavy atom. The molecule has 0 aliphatic carbocycles. The van der Waals surface area contributed by atoms with Crippen LogP contribution in [0.15, 0.2) is 0 Å². The number of rotatable bonds is 0. The van der Waals surface area contributed by atoms with Crippen molar-refractivity contribution in [1.82, 2.24) is 0 Å². The van der Waals surface area contributed by atoms with Gasteiger partial charge in [0, 0.05) is 0 Å². The van der Waals surface area contributed by atoms with Crippen LogP contribution in [0.2, 0.25) is 0 Å². The molecule has 0 atom stereocenters. The average Bonchev–Trinajstić information content (AvgIpc) is 0.918. The van der Waals surface area contributed by atoms with E-state index >= 15 is 0 Å². The van der Waals surface area contributed by atoms with Crippen LogP contribution in [-0.4, -0.2) is 5.34 Å². The molecule has 0 N–H and O–H groups in total. The Labute approximate surface area is 64.2 Å². The van der Waals surface area contributed by atoms with E-state index < -0.39 is 0 Å². The summed E-state index contributed by atoms with van der Waals surface area (Å²) in [7, 11) is 0. The van der Waals surface area contributed by atoms with Gasteiger partial charge in [-0.1, -0.05) is 0 Å². The second-order valence-electron chi connectivity index (χ2n) is 0.101. The molecule has 0 spiro atoms. The first-order valence-corrected chi connectivity index (χ1v) is 1.60. The predicted molar refractivity (Wildman–Crippen MR) is 16.6 cm³/mol. The van der Waals surface area contributed by atoms with Gasteiger partial charge in [0.2, 0.25) is 0 Å². The van der Waals surface area contributed by atoms with E-state index in [1.807, 2.05) is 0 Å². The third kappa shape index (κ3) is 27.5. The van der Waals surface area contributed by atoms with Gasteiger partial charge in [-0.05, 0) is 0 Å². The molecule has 0 unspecified atom stereocenters. The summed E-state index contributed by atoms with van der Waals surface area (Å²) in [5, 5.41) is 0.194. The second-order valence-corrected chi connectivity index (χ2v) is 0.909. The molecule has 0 aromatic heterocycles. The minimum atomic E-state index is 0. The first kappa shape index (κ1) is 15.9. The molecule has 0 fully saturated rings. The van der Waals surface area contributed by atoms with Crippen molar-refractivity contribution in [1.29, 1.82) is 0 Å². The minimum Gasteiger partial charge on any atom is -1.00 e. The molecule has 0 saturated heterocycles. The van der Waals surface area contributed by atoms with Gasteiger partial charge >= 0.3 is 18.9 Å². The molecule has 0 rings (SSSR count). The van der Waals surface area contributed by atoms with Gasteiger partial charge in [0.15, 0.2) is 0 Å². The summed E-state index contributed by atoms with van der Waals surface area (Å²) >= 11 is 9.53. The molecule has 4 heteroatoms. The van der Waals surface area contributed by atoms with Crippen molar-refractivity contribution in [3.63, 3.8) is 0 Å². The Bertz CT molecular complexity index is 9.61. The molecule has 0 radical (unpaired) electrons. The zero-order valence-electron chi connectivity index (χ0n) is 2.84. The van der Waals surface area contributed by atoms with E-state index in [1.165, 1.54) is 0 Å². The molecule has 0 heterocycles. The summed E-state index contributed by atoms with van der Waals surface area (Å²) < 4.78 is 0. The van der Waals surface area contributed by atoms with Crippen LogP contribution >= 0.6 is 23.2 Å². The van der Waals surface area contributed by atoms with Crippen molar-refractivity contribution in [2.24, 2.45) is 0 Å². The average molecular weight is 172 g/mol. The van der Waals surface area contributed by atoms with Gasteiger partial charge in [-0.25, -0.2) is 0 Å². The maximum Gasteiger partial charge on any atom is 1.00 e. The molecule has 0 aromatic rings. The van der Waals surface area contributed by atoms with E-state index in [4.69, 9.17) is 23.2 Å². The van der Waals surface area contributed by atoms with Crippen molar-refractivity contribution < 1.29 is 35.8 Å². The third-order valence-corrected chi connectivity index (χ3v) is 0. The van der Waals surface area contributed by atoms with Crippen LogP contribution in [0.5, 0.6) is 0 Å². The van der Waals surface area contributed by atoms with Crippen molar-refractivity contribution >= 4 is 23.2 Å². The van der Waals surface area contributed by atoms with Crippen LogP contribution in [0.3, 0.4) is 0 Å². The van der Waals surface area contributed by atoms with E-state index in [1.54, 1.807) is 0 Å². The SMILES string of the molecule is ClCCl.[Br-].[Li+]. The minimum absolute atomic E-state index is 0. The van der Waals surface area contributed by atoms with Gasteiger partial charge in [-0.15, -0.1) is 23.2 Å². The summed E-state index contributed by atoms with van der Waals surface area (Å²) in [4.78, 5) is 0. The van der Waals surface area contributed by atoms with Crippen LogP contribution < -0.4 is 35.8 Å². The monoisotopic (exact) mass is 170 g/mol. The van der Waals surface area contributed by atoms with Crippen molar-refractivity contribution in [3.05, 3.63) is 0 Å². The molecular formula is CH2BrCl2Li. The normalized spacial score (nSPS) is 3.60. The van der Waals surface area contributed by atoms with Gasteiger partial charge in [-0.3, -0.25) is 0 Å². The van der Waals surface area contributed by atoms with Crippen molar-refractivity contribution in [2.45, 2.75) is 0 Å². The van der Waals surface area contributed by atoms with E-state index in [0.29, 0.717) is 0 Å². The van der Waals surface area contributed by atoms with E-state index in [2.05, 4.69) is 0 Å². The predicted octanol–water partition coefficient (Wildman–Crippen LogP) is -4.57. The topological polar surface area (TPSA) is 0 Å². The molecule has 0 nitrogen and oxygen atoms in total. The molecule has 0 bridgehead atoms.